The first kappa shape index (κ1) is 14.9. The fourth-order valence-corrected chi connectivity index (χ4v) is 2.82. The minimum atomic E-state index is -0.0456. The third-order valence-electron chi connectivity index (χ3n) is 3.89. The molecule has 2 atom stereocenters. The topological polar surface area (TPSA) is 40.0 Å². The monoisotopic (exact) mass is 278 g/mol. The molecule has 1 unspecified atom stereocenters. The van der Waals surface area contributed by atoms with Gasteiger partial charge in [-0.25, -0.2) is 4.79 Å². The molecule has 0 aliphatic carbocycles. The molecule has 0 saturated carbocycles. The van der Waals surface area contributed by atoms with Crippen LogP contribution < -0.4 is 9.64 Å². The van der Waals surface area contributed by atoms with Gasteiger partial charge in [0.25, 0.3) is 0 Å². The van der Waals surface area contributed by atoms with E-state index in [0.29, 0.717) is 6.61 Å². The van der Waals surface area contributed by atoms with Gasteiger partial charge in [0, 0.05) is 12.0 Å². The van der Waals surface area contributed by atoms with Crippen LogP contribution in [0.5, 0.6) is 5.75 Å². The molecule has 0 amide bonds. The van der Waals surface area contributed by atoms with E-state index in [1.165, 1.54) is 16.9 Å². The highest BCUT2D eigenvalue weighted by Crippen LogP contribution is 2.11. The second-order valence-corrected chi connectivity index (χ2v) is 5.23. The molecule has 4 nitrogen and oxygen atoms in total. The van der Waals surface area contributed by atoms with E-state index in [-0.39, 0.29) is 12.0 Å². The lowest BCUT2D eigenvalue weighted by Crippen LogP contribution is -3.16. The third kappa shape index (κ3) is 3.73. The van der Waals surface area contributed by atoms with E-state index in [0.717, 1.165) is 31.7 Å². The average molecular weight is 278 g/mol. The number of nitrogens with one attached hydrogen (secondary N) is 1. The number of benzene rings is 1. The van der Waals surface area contributed by atoms with Gasteiger partial charge in [0.05, 0.1) is 20.3 Å². The average Bonchev–Trinajstić information content (AvgIpc) is 2.49. The molecule has 0 bridgehead atoms. The molecule has 1 saturated heterocycles. The molecule has 1 aliphatic rings. The smallest absolute Gasteiger partial charge is 0.364 e. The van der Waals surface area contributed by atoms with Gasteiger partial charge in [-0.3, -0.25) is 0 Å². The van der Waals surface area contributed by atoms with Crippen LogP contribution in [-0.4, -0.2) is 32.3 Å². The highest BCUT2D eigenvalue weighted by molar-refractivity contribution is 5.74. The number of likely N-dealkylation sites (tertiary alicyclic amines) is 1. The number of piperidine rings is 1. The van der Waals surface area contributed by atoms with E-state index in [4.69, 9.17) is 9.47 Å². The zero-order valence-electron chi connectivity index (χ0n) is 12.4. The van der Waals surface area contributed by atoms with E-state index < -0.39 is 0 Å². The fourth-order valence-electron chi connectivity index (χ4n) is 2.82. The molecule has 1 aromatic carbocycles. The second-order valence-electron chi connectivity index (χ2n) is 5.23. The van der Waals surface area contributed by atoms with Crippen molar-refractivity contribution in [2.75, 3.05) is 20.3 Å². The van der Waals surface area contributed by atoms with Crippen LogP contribution in [0.15, 0.2) is 24.3 Å². The second kappa shape index (κ2) is 7.29. The van der Waals surface area contributed by atoms with Crippen molar-refractivity contribution in [3.8, 4) is 5.75 Å². The van der Waals surface area contributed by atoms with Crippen LogP contribution in [0.2, 0.25) is 0 Å². The van der Waals surface area contributed by atoms with E-state index >= 15 is 0 Å². The molecule has 1 fully saturated rings. The van der Waals surface area contributed by atoms with E-state index in [1.54, 1.807) is 7.11 Å². The first-order valence-electron chi connectivity index (χ1n) is 7.38. The van der Waals surface area contributed by atoms with Gasteiger partial charge >= 0.3 is 5.97 Å². The summed E-state index contributed by atoms with van der Waals surface area (Å²) < 4.78 is 10.4. The maximum atomic E-state index is 12.0. The third-order valence-corrected chi connectivity index (χ3v) is 3.89. The lowest BCUT2D eigenvalue weighted by molar-refractivity contribution is -0.935. The standard InChI is InChI=1S/C16H23NO3/c1-3-20-16(18)15-6-4-5-11-17(15)12-13-7-9-14(19-2)10-8-13/h7-10,15H,3-6,11-12H2,1-2H3/p+1/t15-/m0/s1. The quantitative estimate of drug-likeness (QED) is 0.823. The largest absolute Gasteiger partial charge is 0.497 e. The Morgan fingerprint density at radius 3 is 2.70 bits per heavy atom. The van der Waals surface area contributed by atoms with E-state index in [2.05, 4.69) is 12.1 Å². The summed E-state index contributed by atoms with van der Waals surface area (Å²) in [5.74, 6) is 0.819. The summed E-state index contributed by atoms with van der Waals surface area (Å²) in [6.45, 7) is 4.23. The number of quaternary nitrogens is 1. The van der Waals surface area contributed by atoms with Crippen LogP contribution in [-0.2, 0) is 16.1 Å². The number of carbonyl (C=O) groups is 1. The molecule has 1 N–H and O–H groups in total. The minimum absolute atomic E-state index is 0.00852. The lowest BCUT2D eigenvalue weighted by Gasteiger charge is -2.30. The molecule has 2 rings (SSSR count). The summed E-state index contributed by atoms with van der Waals surface area (Å²) >= 11 is 0. The Morgan fingerprint density at radius 2 is 2.05 bits per heavy atom. The number of rotatable bonds is 5. The summed E-state index contributed by atoms with van der Waals surface area (Å²) in [5, 5.41) is 0. The van der Waals surface area contributed by atoms with Gasteiger partial charge in [-0.15, -0.1) is 0 Å². The Kier molecular flexibility index (Phi) is 5.41. The van der Waals surface area contributed by atoms with Crippen molar-refractivity contribution in [1.82, 2.24) is 0 Å². The first-order valence-corrected chi connectivity index (χ1v) is 7.38. The normalized spacial score (nSPS) is 22.3. The number of hydrogen-bond acceptors (Lipinski definition) is 3. The predicted octanol–water partition coefficient (Wildman–Crippen LogP) is 1.20. The molecule has 4 heteroatoms. The molecule has 20 heavy (non-hydrogen) atoms. The van der Waals surface area contributed by atoms with Crippen LogP contribution in [0.25, 0.3) is 0 Å². The van der Waals surface area contributed by atoms with Crippen molar-refractivity contribution in [1.29, 1.82) is 0 Å². The summed E-state index contributed by atoms with van der Waals surface area (Å²) in [6, 6.07) is 8.08. The molecular weight excluding hydrogens is 254 g/mol. The molecule has 0 radical (unpaired) electrons. The van der Waals surface area contributed by atoms with Gasteiger partial charge in [0.1, 0.15) is 12.3 Å². The molecule has 110 valence electrons. The van der Waals surface area contributed by atoms with Crippen LogP contribution in [0.4, 0.5) is 0 Å². The number of carbonyl (C=O) groups excluding carboxylic acids is 1. The van der Waals surface area contributed by atoms with E-state index in [9.17, 15) is 4.79 Å². The van der Waals surface area contributed by atoms with Crippen LogP contribution in [0.1, 0.15) is 31.7 Å². The summed E-state index contributed by atoms with van der Waals surface area (Å²) in [5.41, 5.74) is 1.23. The Bertz CT molecular complexity index is 430. The summed E-state index contributed by atoms with van der Waals surface area (Å²) in [6.07, 6.45) is 3.24. The van der Waals surface area contributed by atoms with Crippen LogP contribution in [0.3, 0.4) is 0 Å². The molecule has 0 spiro atoms. The number of methoxy groups -OCH3 is 1. The Balaban J connectivity index is 2.02. The van der Waals surface area contributed by atoms with Crippen molar-refractivity contribution >= 4 is 5.97 Å². The maximum absolute atomic E-state index is 12.0. The van der Waals surface area contributed by atoms with Crippen molar-refractivity contribution < 1.29 is 19.2 Å². The minimum Gasteiger partial charge on any atom is -0.497 e. The number of hydrogen-bond donors (Lipinski definition) is 1. The molecule has 1 heterocycles. The van der Waals surface area contributed by atoms with Crippen LogP contribution >= 0.6 is 0 Å². The SMILES string of the molecule is CCOC(=O)[C@@H]1CCCC[NH+]1Cc1ccc(OC)cc1. The summed E-state index contributed by atoms with van der Waals surface area (Å²) in [4.78, 5) is 13.4. The zero-order valence-corrected chi connectivity index (χ0v) is 12.4. The van der Waals surface area contributed by atoms with Crippen LogP contribution in [0, 0.1) is 0 Å². The zero-order chi connectivity index (χ0) is 14.4. The number of ether oxygens (including phenoxy) is 2. The van der Waals surface area contributed by atoms with Crippen molar-refractivity contribution in [3.63, 3.8) is 0 Å². The Morgan fingerprint density at radius 1 is 1.30 bits per heavy atom. The molecule has 1 aliphatic heterocycles. The van der Waals surface area contributed by atoms with Gasteiger partial charge in [-0.1, -0.05) is 0 Å². The van der Waals surface area contributed by atoms with Gasteiger partial charge in [-0.2, -0.15) is 0 Å². The maximum Gasteiger partial charge on any atom is 0.364 e. The molecule has 0 aromatic heterocycles. The van der Waals surface area contributed by atoms with Gasteiger partial charge in [0.15, 0.2) is 6.04 Å². The summed E-state index contributed by atoms with van der Waals surface area (Å²) in [7, 11) is 1.67. The van der Waals surface area contributed by atoms with Crippen molar-refractivity contribution in [2.45, 2.75) is 38.8 Å². The lowest BCUT2D eigenvalue weighted by atomic mass is 10.0. The van der Waals surface area contributed by atoms with Crippen molar-refractivity contribution in [3.05, 3.63) is 29.8 Å². The highest BCUT2D eigenvalue weighted by Gasteiger charge is 2.33. The first-order chi connectivity index (χ1) is 9.74. The number of esters is 1. The predicted molar refractivity (Wildman–Crippen MR) is 76.8 cm³/mol. The Labute approximate surface area is 120 Å². The molecule has 1 aromatic rings. The molecular formula is C16H24NO3+. The fraction of sp³-hybridized carbons (Fsp3) is 0.562. The Hall–Kier alpha value is -1.55. The van der Waals surface area contributed by atoms with Crippen molar-refractivity contribution in [2.24, 2.45) is 0 Å². The van der Waals surface area contributed by atoms with Gasteiger partial charge in [0.2, 0.25) is 0 Å². The van der Waals surface area contributed by atoms with E-state index in [1.807, 2.05) is 19.1 Å². The van der Waals surface area contributed by atoms with Gasteiger partial charge in [-0.05, 0) is 44.0 Å². The van der Waals surface area contributed by atoms with Gasteiger partial charge < -0.3 is 14.4 Å². The highest BCUT2D eigenvalue weighted by atomic mass is 16.5.